The zero-order valence-corrected chi connectivity index (χ0v) is 10.4. The van der Waals surface area contributed by atoms with Crippen molar-refractivity contribution in [2.75, 3.05) is 5.32 Å². The molecule has 0 saturated heterocycles. The van der Waals surface area contributed by atoms with Gasteiger partial charge in [-0.15, -0.1) is 11.3 Å². The summed E-state index contributed by atoms with van der Waals surface area (Å²) in [5.74, 6) is 0. The number of rotatable bonds is 2. The van der Waals surface area contributed by atoms with Crippen molar-refractivity contribution in [2.24, 2.45) is 0 Å². The van der Waals surface area contributed by atoms with Gasteiger partial charge in [0, 0.05) is 5.69 Å². The van der Waals surface area contributed by atoms with Crippen LogP contribution in [0.1, 0.15) is 5.01 Å². The van der Waals surface area contributed by atoms with Crippen LogP contribution in [0.3, 0.4) is 0 Å². The number of nitrogens with one attached hydrogen (secondary N) is 1. The molecule has 0 saturated carbocycles. The molecule has 2 N–H and O–H groups in total. The molecule has 82 valence electrons. The van der Waals surface area contributed by atoms with E-state index in [0.717, 1.165) is 15.2 Å². The minimum Gasteiger partial charge on any atom is -0.465 e. The van der Waals surface area contributed by atoms with Crippen LogP contribution in [0, 0.1) is 0 Å². The van der Waals surface area contributed by atoms with Crippen molar-refractivity contribution in [3.05, 3.63) is 28.2 Å². The van der Waals surface area contributed by atoms with Crippen molar-refractivity contribution in [3.63, 3.8) is 0 Å². The first-order valence-corrected chi connectivity index (χ1v) is 6.09. The fourth-order valence-corrected chi connectivity index (χ4v) is 2.60. The average Bonchev–Trinajstić information content (AvgIpc) is 2.59. The maximum atomic E-state index is 10.5. The zero-order valence-electron chi connectivity index (χ0n) is 7.98. The monoisotopic (exact) mass is 298 g/mol. The third kappa shape index (κ3) is 2.40. The van der Waals surface area contributed by atoms with Gasteiger partial charge in [-0.05, 0) is 29.3 Å². The van der Waals surface area contributed by atoms with Gasteiger partial charge in [-0.2, -0.15) is 0 Å². The summed E-state index contributed by atoms with van der Waals surface area (Å²) >= 11 is 4.69. The average molecular weight is 299 g/mol. The summed E-state index contributed by atoms with van der Waals surface area (Å²) in [7, 11) is 0. The highest BCUT2D eigenvalue weighted by atomic mass is 79.9. The molecule has 6 heteroatoms. The summed E-state index contributed by atoms with van der Waals surface area (Å²) < 4.78 is 0.951. The van der Waals surface area contributed by atoms with Crippen LogP contribution in [0.4, 0.5) is 10.5 Å². The number of hydrogen-bond donors (Lipinski definition) is 2. The van der Waals surface area contributed by atoms with Gasteiger partial charge < -0.3 is 5.11 Å². The van der Waals surface area contributed by atoms with Crippen LogP contribution in [0.15, 0.2) is 23.2 Å². The van der Waals surface area contributed by atoms with Gasteiger partial charge >= 0.3 is 6.09 Å². The predicted molar refractivity (Wildman–Crippen MR) is 69.2 cm³/mol. The van der Waals surface area contributed by atoms with Crippen molar-refractivity contribution in [1.29, 1.82) is 0 Å². The normalized spacial score (nSPS) is 11.1. The molecular formula is C10H7BrN2O2S. The summed E-state index contributed by atoms with van der Waals surface area (Å²) in [6, 6.07) is 5.26. The van der Waals surface area contributed by atoms with Crippen molar-refractivity contribution < 1.29 is 9.90 Å². The Morgan fingerprint density at radius 3 is 3.06 bits per heavy atom. The highest BCUT2D eigenvalue weighted by molar-refractivity contribution is 9.11. The molecule has 2 aromatic rings. The van der Waals surface area contributed by atoms with Gasteiger partial charge in [-0.25, -0.2) is 9.78 Å². The van der Waals surface area contributed by atoms with Gasteiger partial charge in [0.25, 0.3) is 0 Å². The maximum Gasteiger partial charge on any atom is 0.409 e. The number of anilines is 1. The van der Waals surface area contributed by atoms with Crippen LogP contribution in [0.2, 0.25) is 0 Å². The summed E-state index contributed by atoms with van der Waals surface area (Å²) in [6.45, 7) is 0. The second kappa shape index (κ2) is 4.63. The van der Waals surface area contributed by atoms with Crippen LogP contribution in [-0.4, -0.2) is 16.2 Å². The molecule has 0 aliphatic rings. The SMILES string of the molecule is O=C(O)Nc1ccc2nc(/C=C/Br)sc2c1. The third-order valence-electron chi connectivity index (χ3n) is 1.86. The van der Waals surface area contributed by atoms with Gasteiger partial charge in [0.2, 0.25) is 0 Å². The summed E-state index contributed by atoms with van der Waals surface area (Å²) in [5, 5.41) is 11.8. The molecule has 0 aliphatic carbocycles. The van der Waals surface area contributed by atoms with Crippen molar-refractivity contribution in [1.82, 2.24) is 4.98 Å². The van der Waals surface area contributed by atoms with Gasteiger partial charge in [-0.3, -0.25) is 5.32 Å². The minimum absolute atomic E-state index is 0.554. The molecule has 0 bridgehead atoms. The molecule has 16 heavy (non-hydrogen) atoms. The molecule has 0 atom stereocenters. The van der Waals surface area contributed by atoms with Crippen molar-refractivity contribution in [2.45, 2.75) is 0 Å². The highest BCUT2D eigenvalue weighted by Crippen LogP contribution is 2.26. The molecule has 1 amide bonds. The van der Waals surface area contributed by atoms with Crippen LogP contribution in [-0.2, 0) is 0 Å². The van der Waals surface area contributed by atoms with E-state index in [1.165, 1.54) is 11.3 Å². The van der Waals surface area contributed by atoms with Crippen LogP contribution in [0.5, 0.6) is 0 Å². The number of benzene rings is 1. The second-order valence-corrected chi connectivity index (χ2v) is 4.55. The standard InChI is InChI=1S/C10H7BrN2O2S/c11-4-3-9-13-7-2-1-6(12-10(14)15)5-8(7)16-9/h1-5,12H,(H,14,15)/b4-3+. The Balaban J connectivity index is 2.41. The third-order valence-corrected chi connectivity index (χ3v) is 3.11. The van der Waals surface area contributed by atoms with E-state index >= 15 is 0 Å². The van der Waals surface area contributed by atoms with Crippen molar-refractivity contribution >= 4 is 55.3 Å². The Morgan fingerprint density at radius 2 is 2.38 bits per heavy atom. The minimum atomic E-state index is -1.07. The van der Waals surface area contributed by atoms with E-state index in [1.54, 1.807) is 23.2 Å². The van der Waals surface area contributed by atoms with Crippen molar-refractivity contribution in [3.8, 4) is 0 Å². The van der Waals surface area contributed by atoms with E-state index in [9.17, 15) is 4.79 Å². The van der Waals surface area contributed by atoms with Gasteiger partial charge in [0.15, 0.2) is 0 Å². The van der Waals surface area contributed by atoms with Gasteiger partial charge in [-0.1, -0.05) is 15.9 Å². The summed E-state index contributed by atoms with van der Waals surface area (Å²) in [6.07, 6.45) is 0.777. The smallest absolute Gasteiger partial charge is 0.409 e. The lowest BCUT2D eigenvalue weighted by Gasteiger charge is -1.98. The largest absolute Gasteiger partial charge is 0.465 e. The summed E-state index contributed by atoms with van der Waals surface area (Å²) in [5.41, 5.74) is 1.42. The zero-order chi connectivity index (χ0) is 11.5. The molecule has 0 aliphatic heterocycles. The number of amides is 1. The Bertz CT molecular complexity index is 565. The molecule has 0 unspecified atom stereocenters. The number of carbonyl (C=O) groups is 1. The molecule has 1 aromatic heterocycles. The number of carboxylic acid groups (broad SMARTS) is 1. The van der Waals surface area contributed by atoms with E-state index in [1.807, 2.05) is 6.08 Å². The first-order chi connectivity index (χ1) is 7.69. The number of hydrogen-bond acceptors (Lipinski definition) is 3. The lowest BCUT2D eigenvalue weighted by molar-refractivity contribution is 0.210. The van der Waals surface area contributed by atoms with E-state index in [0.29, 0.717) is 5.69 Å². The molecule has 0 radical (unpaired) electrons. The van der Waals surface area contributed by atoms with E-state index < -0.39 is 6.09 Å². The fourth-order valence-electron chi connectivity index (χ4n) is 1.27. The number of aromatic nitrogens is 1. The number of halogens is 1. The predicted octanol–water partition coefficient (Wildman–Crippen LogP) is 3.75. The molecular weight excluding hydrogens is 292 g/mol. The number of thiazole rings is 1. The Morgan fingerprint density at radius 1 is 1.56 bits per heavy atom. The number of fused-ring (bicyclic) bond motifs is 1. The van der Waals surface area contributed by atoms with Crippen LogP contribution >= 0.6 is 27.3 Å². The maximum absolute atomic E-state index is 10.5. The molecule has 1 aromatic carbocycles. The molecule has 1 heterocycles. The van der Waals surface area contributed by atoms with Gasteiger partial charge in [0.1, 0.15) is 5.01 Å². The molecule has 4 nitrogen and oxygen atoms in total. The molecule has 2 rings (SSSR count). The Labute approximate surface area is 104 Å². The molecule has 0 spiro atoms. The highest BCUT2D eigenvalue weighted by Gasteiger charge is 2.04. The second-order valence-electron chi connectivity index (χ2n) is 2.96. The first-order valence-electron chi connectivity index (χ1n) is 4.36. The van der Waals surface area contributed by atoms with E-state index in [-0.39, 0.29) is 0 Å². The van der Waals surface area contributed by atoms with E-state index in [4.69, 9.17) is 5.11 Å². The Hall–Kier alpha value is -1.40. The fraction of sp³-hybridized carbons (Fsp3) is 0. The van der Waals surface area contributed by atoms with Gasteiger partial charge in [0.05, 0.1) is 10.2 Å². The van der Waals surface area contributed by atoms with E-state index in [2.05, 4.69) is 26.2 Å². The Kier molecular flexibility index (Phi) is 3.21. The van der Waals surface area contributed by atoms with Crippen LogP contribution < -0.4 is 5.32 Å². The lowest BCUT2D eigenvalue weighted by Crippen LogP contribution is -2.06. The topological polar surface area (TPSA) is 62.2 Å². The lowest BCUT2D eigenvalue weighted by atomic mass is 10.3. The first kappa shape index (κ1) is 11.1. The van der Waals surface area contributed by atoms with Crippen LogP contribution in [0.25, 0.3) is 16.3 Å². The summed E-state index contributed by atoms with van der Waals surface area (Å²) in [4.78, 5) is 16.6. The quantitative estimate of drug-likeness (QED) is 0.887. The molecule has 0 fully saturated rings. The number of nitrogens with zero attached hydrogens (tertiary/aromatic N) is 1.